The molecule has 0 radical (unpaired) electrons. The highest BCUT2D eigenvalue weighted by molar-refractivity contribution is 7.80. The predicted molar refractivity (Wildman–Crippen MR) is 90.1 cm³/mol. The molecule has 0 aliphatic carbocycles. The maximum Gasteiger partial charge on any atom is 0.397 e. The normalized spacial score (nSPS) is 14.3. The van der Waals surface area contributed by atoms with Crippen LogP contribution in [0.5, 0.6) is 0 Å². The van der Waals surface area contributed by atoms with Crippen LogP contribution in [0.1, 0.15) is 29.7 Å². The highest BCUT2D eigenvalue weighted by atomic mass is 32.3. The molecule has 23 heavy (non-hydrogen) atoms. The monoisotopic (exact) mass is 333 g/mol. The molecule has 122 valence electrons. The van der Waals surface area contributed by atoms with Crippen molar-refractivity contribution in [1.82, 2.24) is 0 Å². The van der Waals surface area contributed by atoms with Gasteiger partial charge in [-0.15, -0.1) is 0 Å². The third kappa shape index (κ3) is 5.94. The maximum atomic E-state index is 10.3. The molecular weight excluding hydrogens is 314 g/mol. The fourth-order valence-electron chi connectivity index (χ4n) is 2.20. The molecule has 2 aromatic carbocycles. The van der Waals surface area contributed by atoms with Crippen molar-refractivity contribution in [2.75, 3.05) is 6.54 Å². The van der Waals surface area contributed by atoms with Gasteiger partial charge >= 0.3 is 10.4 Å². The summed E-state index contributed by atoms with van der Waals surface area (Å²) in [6.45, 7) is 2.50. The van der Waals surface area contributed by atoms with E-state index in [1.165, 1.54) is 11.1 Å². The summed E-state index contributed by atoms with van der Waals surface area (Å²) in [5.74, 6) is 0. The van der Waals surface area contributed by atoms with Gasteiger partial charge < -0.3 is 0 Å². The van der Waals surface area contributed by atoms with Gasteiger partial charge in [-0.05, 0) is 30.0 Å². The van der Waals surface area contributed by atoms with E-state index in [-0.39, 0.29) is 0 Å². The molecule has 0 bridgehead atoms. The minimum atomic E-state index is -4.37. The van der Waals surface area contributed by atoms with Gasteiger partial charge in [-0.3, -0.25) is 9.55 Å². The lowest BCUT2D eigenvalue weighted by molar-refractivity contribution is 0.201. The average molecular weight is 333 g/mol. The minimum absolute atomic E-state index is 0.670. The molecule has 1 atom stereocenters. The van der Waals surface area contributed by atoms with E-state index in [1.54, 1.807) is 31.2 Å². The Kier molecular flexibility index (Phi) is 6.04. The van der Waals surface area contributed by atoms with Gasteiger partial charge in [0.05, 0.1) is 0 Å². The van der Waals surface area contributed by atoms with Gasteiger partial charge in [0, 0.05) is 12.8 Å². The van der Waals surface area contributed by atoms with Crippen molar-refractivity contribution in [1.29, 1.82) is 0 Å². The number of aliphatic imine (C=N–C) groups is 1. The van der Waals surface area contributed by atoms with Gasteiger partial charge in [0.2, 0.25) is 0 Å². The lowest BCUT2D eigenvalue weighted by Gasteiger charge is -2.09. The van der Waals surface area contributed by atoms with Crippen molar-refractivity contribution in [3.63, 3.8) is 0 Å². The van der Waals surface area contributed by atoms with Crippen molar-refractivity contribution < 1.29 is 17.2 Å². The summed E-state index contributed by atoms with van der Waals surface area (Å²) < 4.78 is 33.4. The summed E-state index contributed by atoms with van der Waals surface area (Å²) in [5, 5.41) is 0. The van der Waals surface area contributed by atoms with Crippen molar-refractivity contribution in [2.24, 2.45) is 4.99 Å². The second-order valence-electron chi connectivity index (χ2n) is 5.06. The highest BCUT2D eigenvalue weighted by Crippen LogP contribution is 2.17. The lowest BCUT2D eigenvalue weighted by Crippen LogP contribution is -2.07. The third-order valence-corrected chi connectivity index (χ3v) is 3.86. The Morgan fingerprint density at radius 3 is 2.39 bits per heavy atom. The Balaban J connectivity index is 0.000000172. The van der Waals surface area contributed by atoms with Crippen LogP contribution >= 0.6 is 0 Å². The molecule has 6 heteroatoms. The Morgan fingerprint density at radius 1 is 1.09 bits per heavy atom. The van der Waals surface area contributed by atoms with Gasteiger partial charge in [0.15, 0.2) is 0 Å². The van der Waals surface area contributed by atoms with Gasteiger partial charge in [-0.25, -0.2) is 4.18 Å². The summed E-state index contributed by atoms with van der Waals surface area (Å²) in [7, 11) is -4.37. The molecule has 3 rings (SSSR count). The zero-order chi connectivity index (χ0) is 16.7. The SMILES string of the molecule is C1=NCCc2ccccc21.CC(OS(=O)(=O)O)c1ccccc1. The minimum Gasteiger partial charge on any atom is -0.292 e. The topological polar surface area (TPSA) is 76.0 Å². The van der Waals surface area contributed by atoms with Crippen LogP contribution in [0.15, 0.2) is 59.6 Å². The second-order valence-corrected chi connectivity index (χ2v) is 6.11. The lowest BCUT2D eigenvalue weighted by atomic mass is 10.0. The van der Waals surface area contributed by atoms with E-state index in [0.29, 0.717) is 5.56 Å². The molecule has 0 fully saturated rings. The van der Waals surface area contributed by atoms with Gasteiger partial charge in [-0.2, -0.15) is 8.42 Å². The van der Waals surface area contributed by atoms with Crippen LogP contribution in [-0.4, -0.2) is 25.7 Å². The Hall–Kier alpha value is -2.02. The first-order valence-corrected chi connectivity index (χ1v) is 8.60. The fraction of sp³-hybridized carbons (Fsp3) is 0.235. The van der Waals surface area contributed by atoms with E-state index in [2.05, 4.69) is 33.4 Å². The van der Waals surface area contributed by atoms with Gasteiger partial charge in [-0.1, -0.05) is 54.6 Å². The summed E-state index contributed by atoms with van der Waals surface area (Å²) >= 11 is 0. The number of hydrogen-bond acceptors (Lipinski definition) is 4. The molecule has 0 amide bonds. The Bertz CT molecular complexity index is 757. The van der Waals surface area contributed by atoms with Crippen LogP contribution < -0.4 is 0 Å². The highest BCUT2D eigenvalue weighted by Gasteiger charge is 2.13. The molecule has 1 aliphatic rings. The number of fused-ring (bicyclic) bond motifs is 1. The molecule has 0 saturated heterocycles. The summed E-state index contributed by atoms with van der Waals surface area (Å²) in [6.07, 6.45) is 2.39. The zero-order valence-electron chi connectivity index (χ0n) is 12.8. The quantitative estimate of drug-likeness (QED) is 0.875. The van der Waals surface area contributed by atoms with Gasteiger partial charge in [0.25, 0.3) is 0 Å². The fourth-order valence-corrected chi connectivity index (χ4v) is 2.67. The molecule has 1 aliphatic heterocycles. The molecular formula is C17H19NO4S. The van der Waals surface area contributed by atoms with Crippen LogP contribution in [0.3, 0.4) is 0 Å². The first-order chi connectivity index (χ1) is 11.0. The van der Waals surface area contributed by atoms with Gasteiger partial charge in [0.1, 0.15) is 6.10 Å². The van der Waals surface area contributed by atoms with E-state index in [0.717, 1.165) is 13.0 Å². The summed E-state index contributed by atoms with van der Waals surface area (Å²) in [5.41, 5.74) is 3.41. The molecule has 1 N–H and O–H groups in total. The summed E-state index contributed by atoms with van der Waals surface area (Å²) in [4.78, 5) is 4.19. The number of hydrogen-bond donors (Lipinski definition) is 1. The van der Waals surface area contributed by atoms with Crippen LogP contribution in [0.4, 0.5) is 0 Å². The molecule has 0 aromatic heterocycles. The molecule has 1 heterocycles. The van der Waals surface area contributed by atoms with E-state index in [4.69, 9.17) is 4.55 Å². The van der Waals surface area contributed by atoms with Crippen molar-refractivity contribution in [3.8, 4) is 0 Å². The van der Waals surface area contributed by atoms with E-state index in [1.807, 2.05) is 12.3 Å². The molecule has 1 unspecified atom stereocenters. The molecule has 5 nitrogen and oxygen atoms in total. The van der Waals surface area contributed by atoms with Crippen LogP contribution in [0, 0.1) is 0 Å². The van der Waals surface area contributed by atoms with Crippen molar-refractivity contribution in [2.45, 2.75) is 19.4 Å². The van der Waals surface area contributed by atoms with Crippen LogP contribution in [0.25, 0.3) is 0 Å². The summed E-state index contributed by atoms with van der Waals surface area (Å²) in [6, 6.07) is 17.2. The average Bonchev–Trinajstić information content (AvgIpc) is 2.55. The molecule has 0 spiro atoms. The van der Waals surface area contributed by atoms with E-state index in [9.17, 15) is 8.42 Å². The second kappa shape index (κ2) is 8.01. The van der Waals surface area contributed by atoms with E-state index < -0.39 is 16.5 Å². The molecule has 2 aromatic rings. The smallest absolute Gasteiger partial charge is 0.292 e. The largest absolute Gasteiger partial charge is 0.397 e. The first kappa shape index (κ1) is 17.3. The predicted octanol–water partition coefficient (Wildman–Crippen LogP) is 3.23. The van der Waals surface area contributed by atoms with E-state index >= 15 is 0 Å². The number of benzene rings is 2. The number of rotatable bonds is 3. The first-order valence-electron chi connectivity index (χ1n) is 7.24. The third-order valence-electron chi connectivity index (χ3n) is 3.33. The molecule has 0 saturated carbocycles. The van der Waals surface area contributed by atoms with Crippen molar-refractivity contribution in [3.05, 3.63) is 71.3 Å². The Morgan fingerprint density at radius 2 is 1.74 bits per heavy atom. The van der Waals surface area contributed by atoms with Crippen LogP contribution in [0.2, 0.25) is 0 Å². The standard InChI is InChI=1S/C9H9N.C8H10O4S/c1-2-4-9-7-10-6-5-8(9)3-1;1-7(12-13(9,10)11)8-5-3-2-4-6-8/h1-4,7H,5-6H2;2-7H,1H3,(H,9,10,11). The van der Waals surface area contributed by atoms with Crippen LogP contribution in [-0.2, 0) is 21.0 Å². The number of nitrogens with zero attached hydrogens (tertiary/aromatic N) is 1. The Labute approximate surface area is 136 Å². The zero-order valence-corrected chi connectivity index (χ0v) is 13.6. The van der Waals surface area contributed by atoms with Crippen molar-refractivity contribution >= 4 is 16.6 Å². The maximum absolute atomic E-state index is 10.3.